The highest BCUT2D eigenvalue weighted by molar-refractivity contribution is 5.97. The van der Waals surface area contributed by atoms with Crippen LogP contribution >= 0.6 is 0 Å². The third-order valence-corrected chi connectivity index (χ3v) is 4.32. The molecular formula is C14H19N3O2. The highest BCUT2D eigenvalue weighted by Crippen LogP contribution is 2.32. The van der Waals surface area contributed by atoms with E-state index in [0.29, 0.717) is 23.5 Å². The van der Waals surface area contributed by atoms with Crippen LogP contribution in [0.4, 0.5) is 0 Å². The number of aryl methyl sites for hydroxylation is 1. The predicted molar refractivity (Wildman–Crippen MR) is 70.0 cm³/mol. The third-order valence-electron chi connectivity index (χ3n) is 4.32. The maximum absolute atomic E-state index is 12.5. The predicted octanol–water partition coefficient (Wildman–Crippen LogP) is 1.08. The van der Waals surface area contributed by atoms with Gasteiger partial charge in [0.2, 0.25) is 0 Å². The molecule has 0 radical (unpaired) electrons. The molecular weight excluding hydrogens is 242 g/mol. The first-order valence-electron chi connectivity index (χ1n) is 6.77. The number of Topliss-reactive ketones (excluding diaryl/α,β-unsaturated/α-hetero) is 1. The Morgan fingerprint density at radius 2 is 1.84 bits per heavy atom. The SMILES string of the molecule is Cc1ncc(C(=O)C2CC3COCC(C2)N3C)cn1. The lowest BCUT2D eigenvalue weighted by atomic mass is 9.81. The number of ketones is 1. The molecule has 3 rings (SSSR count). The standard InChI is InChI=1S/C14H19N3O2/c1-9-15-5-11(6-16-9)14(18)10-3-12-7-19-8-13(4-10)17(12)2/h5-6,10,12-13H,3-4,7-8H2,1-2H3. The third kappa shape index (κ3) is 2.40. The summed E-state index contributed by atoms with van der Waals surface area (Å²) in [5.41, 5.74) is 0.638. The fraction of sp³-hybridized carbons (Fsp3) is 0.643. The summed E-state index contributed by atoms with van der Waals surface area (Å²) < 4.78 is 5.58. The van der Waals surface area contributed by atoms with Crippen LogP contribution in [0.3, 0.4) is 0 Å². The molecule has 0 N–H and O–H groups in total. The van der Waals surface area contributed by atoms with Crippen molar-refractivity contribution in [2.24, 2.45) is 5.92 Å². The van der Waals surface area contributed by atoms with Crippen molar-refractivity contribution in [2.45, 2.75) is 31.8 Å². The number of piperidine rings is 1. The summed E-state index contributed by atoms with van der Waals surface area (Å²) in [6, 6.07) is 0.737. The minimum atomic E-state index is 0.0846. The minimum Gasteiger partial charge on any atom is -0.378 e. The van der Waals surface area contributed by atoms with Crippen LogP contribution in [0.1, 0.15) is 29.0 Å². The molecule has 2 saturated heterocycles. The summed E-state index contributed by atoms with van der Waals surface area (Å²) >= 11 is 0. The van der Waals surface area contributed by atoms with Crippen LogP contribution in [-0.2, 0) is 4.74 Å². The highest BCUT2D eigenvalue weighted by atomic mass is 16.5. The minimum absolute atomic E-state index is 0.0846. The zero-order chi connectivity index (χ0) is 13.4. The van der Waals surface area contributed by atoms with E-state index in [0.717, 1.165) is 26.1 Å². The Balaban J connectivity index is 1.76. The smallest absolute Gasteiger partial charge is 0.169 e. The van der Waals surface area contributed by atoms with E-state index in [2.05, 4.69) is 21.9 Å². The van der Waals surface area contributed by atoms with Crippen LogP contribution in [0.15, 0.2) is 12.4 Å². The van der Waals surface area contributed by atoms with Crippen molar-refractivity contribution in [2.75, 3.05) is 20.3 Å². The Hall–Kier alpha value is -1.33. The van der Waals surface area contributed by atoms with E-state index in [9.17, 15) is 4.79 Å². The Morgan fingerprint density at radius 1 is 1.26 bits per heavy atom. The Morgan fingerprint density at radius 3 is 2.42 bits per heavy atom. The molecule has 2 aliphatic rings. The molecule has 0 aromatic carbocycles. The van der Waals surface area contributed by atoms with Crippen LogP contribution in [0.2, 0.25) is 0 Å². The summed E-state index contributed by atoms with van der Waals surface area (Å²) in [5, 5.41) is 0. The number of rotatable bonds is 2. The number of nitrogens with zero attached hydrogens (tertiary/aromatic N) is 3. The number of fused-ring (bicyclic) bond motifs is 2. The van der Waals surface area contributed by atoms with Gasteiger partial charge in [0.25, 0.3) is 0 Å². The highest BCUT2D eigenvalue weighted by Gasteiger charge is 2.39. The first kappa shape index (κ1) is 12.7. The molecule has 2 fully saturated rings. The molecule has 0 aliphatic carbocycles. The van der Waals surface area contributed by atoms with Crippen molar-refractivity contribution in [3.63, 3.8) is 0 Å². The molecule has 0 amide bonds. The fourth-order valence-corrected chi connectivity index (χ4v) is 3.06. The zero-order valence-electron chi connectivity index (χ0n) is 11.4. The normalized spacial score (nSPS) is 31.2. The van der Waals surface area contributed by atoms with Gasteiger partial charge in [-0.1, -0.05) is 0 Å². The van der Waals surface area contributed by atoms with E-state index in [-0.39, 0.29) is 11.7 Å². The van der Waals surface area contributed by atoms with E-state index in [1.807, 2.05) is 6.92 Å². The largest absolute Gasteiger partial charge is 0.378 e. The van der Waals surface area contributed by atoms with E-state index >= 15 is 0 Å². The molecule has 2 atom stereocenters. The van der Waals surface area contributed by atoms with Gasteiger partial charge in [-0.25, -0.2) is 9.97 Å². The summed E-state index contributed by atoms with van der Waals surface area (Å²) in [4.78, 5) is 23.1. The van der Waals surface area contributed by atoms with Crippen molar-refractivity contribution in [3.05, 3.63) is 23.8 Å². The number of aromatic nitrogens is 2. The number of hydrogen-bond donors (Lipinski definition) is 0. The molecule has 5 nitrogen and oxygen atoms in total. The van der Waals surface area contributed by atoms with Gasteiger partial charge in [0.15, 0.2) is 5.78 Å². The maximum atomic E-state index is 12.5. The Kier molecular flexibility index (Phi) is 3.33. The molecule has 2 aliphatic heterocycles. The number of hydrogen-bond acceptors (Lipinski definition) is 5. The second-order valence-electron chi connectivity index (χ2n) is 5.56. The van der Waals surface area contributed by atoms with Gasteiger partial charge in [-0.15, -0.1) is 0 Å². The maximum Gasteiger partial charge on any atom is 0.169 e. The molecule has 1 aromatic rings. The van der Waals surface area contributed by atoms with Crippen LogP contribution in [0.25, 0.3) is 0 Å². The molecule has 3 heterocycles. The molecule has 19 heavy (non-hydrogen) atoms. The summed E-state index contributed by atoms with van der Waals surface area (Å²) in [6.45, 7) is 3.30. The van der Waals surface area contributed by atoms with Crippen LogP contribution in [0.5, 0.6) is 0 Å². The van der Waals surface area contributed by atoms with E-state index in [1.165, 1.54) is 0 Å². The average molecular weight is 261 g/mol. The summed E-state index contributed by atoms with van der Waals surface area (Å²) in [7, 11) is 2.13. The van der Waals surface area contributed by atoms with E-state index in [1.54, 1.807) is 12.4 Å². The number of carbonyl (C=O) groups is 1. The van der Waals surface area contributed by atoms with Crippen LogP contribution in [0, 0.1) is 12.8 Å². The molecule has 0 spiro atoms. The summed E-state index contributed by atoms with van der Waals surface area (Å²) in [5.74, 6) is 0.969. The number of morpholine rings is 1. The van der Waals surface area contributed by atoms with Gasteiger partial charge in [-0.3, -0.25) is 9.69 Å². The molecule has 0 saturated carbocycles. The van der Waals surface area contributed by atoms with Gasteiger partial charge in [0.1, 0.15) is 5.82 Å². The Bertz CT molecular complexity index is 460. The van der Waals surface area contributed by atoms with Gasteiger partial charge >= 0.3 is 0 Å². The lowest BCUT2D eigenvalue weighted by Gasteiger charge is -2.46. The topological polar surface area (TPSA) is 55.3 Å². The first-order valence-corrected chi connectivity index (χ1v) is 6.77. The quantitative estimate of drug-likeness (QED) is 0.746. The van der Waals surface area contributed by atoms with E-state index in [4.69, 9.17) is 4.74 Å². The van der Waals surface area contributed by atoms with Gasteiger partial charge in [-0.05, 0) is 26.8 Å². The number of carbonyl (C=O) groups excluding carboxylic acids is 1. The van der Waals surface area contributed by atoms with Crippen molar-refractivity contribution < 1.29 is 9.53 Å². The van der Waals surface area contributed by atoms with Crippen molar-refractivity contribution in [1.29, 1.82) is 0 Å². The van der Waals surface area contributed by atoms with Crippen molar-refractivity contribution >= 4 is 5.78 Å². The summed E-state index contributed by atoms with van der Waals surface area (Å²) in [6.07, 6.45) is 5.05. The van der Waals surface area contributed by atoms with Gasteiger partial charge in [0, 0.05) is 30.4 Å². The monoisotopic (exact) mass is 261 g/mol. The fourth-order valence-electron chi connectivity index (χ4n) is 3.06. The molecule has 5 heteroatoms. The van der Waals surface area contributed by atoms with E-state index < -0.39 is 0 Å². The zero-order valence-corrected chi connectivity index (χ0v) is 11.4. The molecule has 102 valence electrons. The lowest BCUT2D eigenvalue weighted by molar-refractivity contribution is -0.0702. The number of likely N-dealkylation sites (N-methyl/N-ethyl adjacent to an activating group) is 1. The first-order chi connectivity index (χ1) is 9.15. The van der Waals surface area contributed by atoms with Gasteiger partial charge < -0.3 is 4.74 Å². The van der Waals surface area contributed by atoms with Crippen LogP contribution in [-0.4, -0.2) is 53.0 Å². The van der Waals surface area contributed by atoms with Crippen molar-refractivity contribution in [1.82, 2.24) is 14.9 Å². The van der Waals surface area contributed by atoms with Crippen LogP contribution < -0.4 is 0 Å². The second kappa shape index (κ2) is 4.98. The van der Waals surface area contributed by atoms with Crippen molar-refractivity contribution in [3.8, 4) is 0 Å². The lowest BCUT2D eigenvalue weighted by Crippen LogP contribution is -2.55. The second-order valence-corrected chi connectivity index (χ2v) is 5.56. The molecule has 2 unspecified atom stereocenters. The molecule has 2 bridgehead atoms. The van der Waals surface area contributed by atoms with Gasteiger partial charge in [-0.2, -0.15) is 0 Å². The number of ether oxygens (including phenoxy) is 1. The Labute approximate surface area is 113 Å². The molecule has 1 aromatic heterocycles. The average Bonchev–Trinajstić information content (AvgIpc) is 2.38. The van der Waals surface area contributed by atoms with Gasteiger partial charge in [0.05, 0.1) is 18.8 Å².